The highest BCUT2D eigenvalue weighted by Crippen LogP contribution is 1.87. The van der Waals surface area contributed by atoms with E-state index < -0.39 is 0 Å². The number of nitrogens with zero attached hydrogens (tertiary/aromatic N) is 2. The van der Waals surface area contributed by atoms with Crippen molar-refractivity contribution in [2.24, 2.45) is 0 Å². The molecule has 0 fully saturated rings. The third-order valence-corrected chi connectivity index (χ3v) is 1.72. The van der Waals surface area contributed by atoms with Crippen LogP contribution >= 0.6 is 0 Å². The third kappa shape index (κ3) is 1.53. The molecule has 0 spiro atoms. The van der Waals surface area contributed by atoms with E-state index in [2.05, 4.69) is 6.92 Å². The van der Waals surface area contributed by atoms with Crippen LogP contribution in [0.15, 0.2) is 17.2 Å². The van der Waals surface area contributed by atoms with Gasteiger partial charge in [-0.05, 0) is 13.3 Å². The molecule has 0 aromatic carbocycles. The maximum atomic E-state index is 11.3. The topological polar surface area (TPSA) is 26.9 Å². The van der Waals surface area contributed by atoms with Crippen LogP contribution in [-0.4, -0.2) is 9.13 Å². The first kappa shape index (κ1) is 8.11. The van der Waals surface area contributed by atoms with Gasteiger partial charge in [-0.3, -0.25) is 9.13 Å². The first-order valence-corrected chi connectivity index (χ1v) is 4.05. The van der Waals surface area contributed by atoms with Gasteiger partial charge in [0.05, 0.1) is 0 Å². The van der Waals surface area contributed by atoms with Crippen molar-refractivity contribution in [2.45, 2.75) is 33.4 Å². The van der Waals surface area contributed by atoms with Crippen LogP contribution in [0, 0.1) is 0 Å². The molecule has 0 saturated heterocycles. The largest absolute Gasteiger partial charge is 0.328 e. The molecule has 3 heteroatoms. The number of rotatable bonds is 3. The van der Waals surface area contributed by atoms with Crippen molar-refractivity contribution in [3.63, 3.8) is 0 Å². The molecule has 0 amide bonds. The smallest absolute Gasteiger partial charge is 0.300 e. The van der Waals surface area contributed by atoms with Crippen molar-refractivity contribution in [3.8, 4) is 0 Å². The van der Waals surface area contributed by atoms with Crippen LogP contribution in [-0.2, 0) is 13.1 Å². The quantitative estimate of drug-likeness (QED) is 0.640. The molecular weight excluding hydrogens is 140 g/mol. The van der Waals surface area contributed by atoms with Gasteiger partial charge in [0.2, 0.25) is 0 Å². The van der Waals surface area contributed by atoms with Crippen LogP contribution in [0.2, 0.25) is 0 Å². The SMILES string of the molecule is CCCn1ccn(CC)c1=O. The van der Waals surface area contributed by atoms with Crippen molar-refractivity contribution < 1.29 is 0 Å². The van der Waals surface area contributed by atoms with Gasteiger partial charge in [0, 0.05) is 25.5 Å². The molecular formula is C8H14N2O. The van der Waals surface area contributed by atoms with Crippen LogP contribution in [0.25, 0.3) is 0 Å². The van der Waals surface area contributed by atoms with Crippen molar-refractivity contribution >= 4 is 0 Å². The summed E-state index contributed by atoms with van der Waals surface area (Å²) in [6.07, 6.45) is 4.68. The lowest BCUT2D eigenvalue weighted by Gasteiger charge is -1.95. The van der Waals surface area contributed by atoms with Crippen LogP contribution in [0.4, 0.5) is 0 Å². The van der Waals surface area contributed by atoms with Crippen LogP contribution in [0.3, 0.4) is 0 Å². The predicted octanol–water partition coefficient (Wildman–Crippen LogP) is 1.08. The summed E-state index contributed by atoms with van der Waals surface area (Å²) in [7, 11) is 0. The Morgan fingerprint density at radius 3 is 2.36 bits per heavy atom. The molecule has 1 heterocycles. The number of aromatic nitrogens is 2. The average Bonchev–Trinajstić information content (AvgIpc) is 2.34. The normalized spacial score (nSPS) is 10.4. The summed E-state index contributed by atoms with van der Waals surface area (Å²) in [5.41, 5.74) is 0.106. The molecule has 11 heavy (non-hydrogen) atoms. The lowest BCUT2D eigenvalue weighted by Crippen LogP contribution is -2.23. The number of aryl methyl sites for hydroxylation is 2. The van der Waals surface area contributed by atoms with E-state index in [-0.39, 0.29) is 5.69 Å². The Labute approximate surface area is 66.3 Å². The minimum absolute atomic E-state index is 0.106. The van der Waals surface area contributed by atoms with Gasteiger partial charge in [0.15, 0.2) is 0 Å². The zero-order chi connectivity index (χ0) is 8.27. The Bertz CT molecular complexity index is 272. The van der Waals surface area contributed by atoms with E-state index in [4.69, 9.17) is 0 Å². The molecule has 3 nitrogen and oxygen atoms in total. The molecule has 0 bridgehead atoms. The molecule has 0 aliphatic carbocycles. The second-order valence-corrected chi connectivity index (χ2v) is 2.56. The Hall–Kier alpha value is -0.990. The van der Waals surface area contributed by atoms with Crippen molar-refractivity contribution in [1.29, 1.82) is 0 Å². The van der Waals surface area contributed by atoms with Gasteiger partial charge >= 0.3 is 5.69 Å². The minimum atomic E-state index is 0.106. The highest BCUT2D eigenvalue weighted by atomic mass is 16.1. The lowest BCUT2D eigenvalue weighted by atomic mass is 10.5. The summed E-state index contributed by atoms with van der Waals surface area (Å²) in [4.78, 5) is 11.3. The van der Waals surface area contributed by atoms with E-state index in [1.54, 1.807) is 9.13 Å². The standard InChI is InChI=1S/C8H14N2O/c1-3-5-10-7-6-9(4-2)8(10)11/h6-7H,3-5H2,1-2H3. The fourth-order valence-electron chi connectivity index (χ4n) is 1.11. The molecule has 0 aliphatic rings. The molecule has 0 N–H and O–H groups in total. The summed E-state index contributed by atoms with van der Waals surface area (Å²) < 4.78 is 3.44. The van der Waals surface area contributed by atoms with E-state index in [1.807, 2.05) is 19.3 Å². The zero-order valence-electron chi connectivity index (χ0n) is 7.08. The van der Waals surface area contributed by atoms with Crippen molar-refractivity contribution in [2.75, 3.05) is 0 Å². The highest BCUT2D eigenvalue weighted by Gasteiger charge is 1.98. The second-order valence-electron chi connectivity index (χ2n) is 2.56. The summed E-state index contributed by atoms with van der Waals surface area (Å²) in [6.45, 7) is 5.62. The number of imidazole rings is 1. The Kier molecular flexibility index (Phi) is 2.52. The maximum absolute atomic E-state index is 11.3. The highest BCUT2D eigenvalue weighted by molar-refractivity contribution is 4.80. The van der Waals surface area contributed by atoms with Crippen LogP contribution < -0.4 is 5.69 Å². The third-order valence-electron chi connectivity index (χ3n) is 1.72. The van der Waals surface area contributed by atoms with Crippen molar-refractivity contribution in [3.05, 3.63) is 22.9 Å². The molecule has 0 atom stereocenters. The molecule has 0 saturated carbocycles. The second kappa shape index (κ2) is 3.42. The Morgan fingerprint density at radius 2 is 1.91 bits per heavy atom. The summed E-state index contributed by atoms with van der Waals surface area (Å²) in [5, 5.41) is 0. The predicted molar refractivity (Wildman–Crippen MR) is 44.7 cm³/mol. The Morgan fingerprint density at radius 1 is 1.27 bits per heavy atom. The summed E-state index contributed by atoms with van der Waals surface area (Å²) >= 11 is 0. The fourth-order valence-corrected chi connectivity index (χ4v) is 1.11. The first-order valence-electron chi connectivity index (χ1n) is 4.05. The molecule has 62 valence electrons. The molecule has 0 aliphatic heterocycles. The van der Waals surface area contributed by atoms with E-state index in [0.717, 1.165) is 19.5 Å². The molecule has 1 rings (SSSR count). The summed E-state index contributed by atoms with van der Waals surface area (Å²) in [6, 6.07) is 0. The average molecular weight is 154 g/mol. The fraction of sp³-hybridized carbons (Fsp3) is 0.625. The molecule has 0 radical (unpaired) electrons. The van der Waals surface area contributed by atoms with E-state index in [1.165, 1.54) is 0 Å². The maximum Gasteiger partial charge on any atom is 0.328 e. The lowest BCUT2D eigenvalue weighted by molar-refractivity contribution is 0.617. The van der Waals surface area contributed by atoms with E-state index in [9.17, 15) is 4.79 Å². The molecule has 1 aromatic heterocycles. The Balaban J connectivity index is 2.92. The van der Waals surface area contributed by atoms with Gasteiger partial charge < -0.3 is 0 Å². The first-order chi connectivity index (χ1) is 5.29. The minimum Gasteiger partial charge on any atom is -0.300 e. The van der Waals surface area contributed by atoms with Gasteiger partial charge in [-0.2, -0.15) is 0 Å². The van der Waals surface area contributed by atoms with Gasteiger partial charge in [0.25, 0.3) is 0 Å². The monoisotopic (exact) mass is 154 g/mol. The number of hydrogen-bond donors (Lipinski definition) is 0. The van der Waals surface area contributed by atoms with E-state index >= 15 is 0 Å². The zero-order valence-corrected chi connectivity index (χ0v) is 7.08. The number of hydrogen-bond acceptors (Lipinski definition) is 1. The van der Waals surface area contributed by atoms with Gasteiger partial charge in [-0.25, -0.2) is 4.79 Å². The summed E-state index contributed by atoms with van der Waals surface area (Å²) in [5.74, 6) is 0. The van der Waals surface area contributed by atoms with Crippen LogP contribution in [0.1, 0.15) is 20.3 Å². The van der Waals surface area contributed by atoms with Crippen LogP contribution in [0.5, 0.6) is 0 Å². The van der Waals surface area contributed by atoms with E-state index in [0.29, 0.717) is 0 Å². The van der Waals surface area contributed by atoms with Gasteiger partial charge in [-0.1, -0.05) is 6.92 Å². The van der Waals surface area contributed by atoms with Gasteiger partial charge in [-0.15, -0.1) is 0 Å². The van der Waals surface area contributed by atoms with Gasteiger partial charge in [0.1, 0.15) is 0 Å². The van der Waals surface area contributed by atoms with Crippen molar-refractivity contribution in [1.82, 2.24) is 9.13 Å². The molecule has 1 aromatic rings. The molecule has 0 unspecified atom stereocenters.